The fourth-order valence-corrected chi connectivity index (χ4v) is 3.19. The molecule has 2 heterocycles. The second kappa shape index (κ2) is 8.90. The van der Waals surface area contributed by atoms with Crippen LogP contribution in [0, 0.1) is 13.8 Å². The number of rotatable bonds is 8. The van der Waals surface area contributed by atoms with Crippen molar-refractivity contribution in [1.29, 1.82) is 0 Å². The molecule has 10 heteroatoms. The molecular weight excluding hydrogens is 402 g/mol. The summed E-state index contributed by atoms with van der Waals surface area (Å²) in [7, 11) is 3.17. The van der Waals surface area contributed by atoms with Gasteiger partial charge in [-0.05, 0) is 38.5 Å². The van der Waals surface area contributed by atoms with Crippen molar-refractivity contribution in [2.24, 2.45) is 0 Å². The molecule has 31 heavy (non-hydrogen) atoms. The van der Waals surface area contributed by atoms with Crippen molar-refractivity contribution in [2.45, 2.75) is 33.4 Å². The first-order valence-electron chi connectivity index (χ1n) is 9.58. The van der Waals surface area contributed by atoms with Gasteiger partial charge in [0, 0.05) is 6.20 Å². The third-order valence-electron chi connectivity index (χ3n) is 5.03. The molecule has 0 saturated heterocycles. The third-order valence-corrected chi connectivity index (χ3v) is 5.03. The molecule has 0 spiro atoms. The van der Waals surface area contributed by atoms with Crippen molar-refractivity contribution < 1.29 is 24.2 Å². The van der Waals surface area contributed by atoms with Crippen LogP contribution in [0.5, 0.6) is 11.5 Å². The predicted octanol–water partition coefficient (Wildman–Crippen LogP) is 2.66. The Morgan fingerprint density at radius 1 is 1.19 bits per heavy atom. The Labute approximate surface area is 179 Å². The van der Waals surface area contributed by atoms with Crippen molar-refractivity contribution >= 4 is 17.6 Å². The second-order valence-electron chi connectivity index (χ2n) is 7.07. The first kappa shape index (κ1) is 21.9. The van der Waals surface area contributed by atoms with Gasteiger partial charge in [0.1, 0.15) is 6.04 Å². The van der Waals surface area contributed by atoms with Crippen molar-refractivity contribution in [3.63, 3.8) is 0 Å². The van der Waals surface area contributed by atoms with Crippen LogP contribution in [0.3, 0.4) is 0 Å². The largest absolute Gasteiger partial charge is 0.493 e. The lowest BCUT2D eigenvalue weighted by atomic mass is 10.2. The fourth-order valence-electron chi connectivity index (χ4n) is 3.19. The van der Waals surface area contributed by atoms with Gasteiger partial charge in [-0.15, -0.1) is 0 Å². The highest BCUT2D eigenvalue weighted by molar-refractivity contribution is 5.94. The Hall–Kier alpha value is -3.82. The summed E-state index contributed by atoms with van der Waals surface area (Å²) in [6, 6.07) is 4.95. The van der Waals surface area contributed by atoms with E-state index in [1.807, 2.05) is 32.0 Å². The topological polar surface area (TPSA) is 121 Å². The lowest BCUT2D eigenvalue weighted by molar-refractivity contribution is -0.119. The molecule has 3 rings (SSSR count). The number of aryl methyl sites for hydroxylation is 1. The number of carbonyl (C=O) groups is 2. The van der Waals surface area contributed by atoms with Gasteiger partial charge in [0.05, 0.1) is 49.6 Å². The highest BCUT2D eigenvalue weighted by Crippen LogP contribution is 2.29. The maximum Gasteiger partial charge on any atom is 0.338 e. The van der Waals surface area contributed by atoms with Crippen molar-refractivity contribution in [3.05, 3.63) is 53.1 Å². The van der Waals surface area contributed by atoms with Crippen LogP contribution in [0.2, 0.25) is 0 Å². The monoisotopic (exact) mass is 427 g/mol. The van der Waals surface area contributed by atoms with E-state index in [-0.39, 0.29) is 11.5 Å². The van der Waals surface area contributed by atoms with Crippen LogP contribution in [0.15, 0.2) is 30.6 Å². The van der Waals surface area contributed by atoms with E-state index < -0.39 is 12.0 Å². The summed E-state index contributed by atoms with van der Waals surface area (Å²) >= 11 is 0. The number of benzene rings is 1. The maximum absolute atomic E-state index is 12.7. The zero-order chi connectivity index (χ0) is 22.7. The number of aromatic nitrogens is 4. The fraction of sp³-hybridized carbons (Fsp3) is 0.333. The number of amides is 1. The smallest absolute Gasteiger partial charge is 0.338 e. The van der Waals surface area contributed by atoms with Crippen LogP contribution in [-0.2, 0) is 11.3 Å². The van der Waals surface area contributed by atoms with E-state index in [2.05, 4.69) is 15.5 Å². The number of carbonyl (C=O) groups excluding carboxylic acids is 1. The molecule has 0 aliphatic heterocycles. The standard InChI is InChI=1S/C21H25N5O5/c1-12-19(23-20(27)14(3)25-11-16(9-22-25)21(28)29)13(2)26(24-12)10-15-6-7-17(30-4)18(8-15)31-5/h6-9,11,14H,10H2,1-5H3,(H,23,27)(H,28,29). The number of carboxylic acid groups (broad SMARTS) is 1. The molecule has 0 aliphatic carbocycles. The van der Waals surface area contributed by atoms with Crippen LogP contribution >= 0.6 is 0 Å². The minimum Gasteiger partial charge on any atom is -0.493 e. The average molecular weight is 427 g/mol. The Bertz CT molecular complexity index is 1120. The highest BCUT2D eigenvalue weighted by atomic mass is 16.5. The molecule has 0 aliphatic rings. The summed E-state index contributed by atoms with van der Waals surface area (Å²) in [6.07, 6.45) is 2.54. The average Bonchev–Trinajstić information content (AvgIpc) is 3.34. The first-order chi connectivity index (χ1) is 14.7. The van der Waals surface area contributed by atoms with Gasteiger partial charge in [0.15, 0.2) is 11.5 Å². The summed E-state index contributed by atoms with van der Waals surface area (Å²) < 4.78 is 13.7. The summed E-state index contributed by atoms with van der Waals surface area (Å²) in [5.74, 6) is -0.144. The summed E-state index contributed by atoms with van der Waals surface area (Å²) in [4.78, 5) is 23.8. The molecule has 0 radical (unpaired) electrons. The quantitative estimate of drug-likeness (QED) is 0.567. The van der Waals surface area contributed by atoms with Gasteiger partial charge in [0.2, 0.25) is 5.91 Å². The number of hydrogen-bond acceptors (Lipinski definition) is 6. The molecule has 10 nitrogen and oxygen atoms in total. The van der Waals surface area contributed by atoms with Gasteiger partial charge >= 0.3 is 5.97 Å². The van der Waals surface area contributed by atoms with Gasteiger partial charge < -0.3 is 19.9 Å². The highest BCUT2D eigenvalue weighted by Gasteiger charge is 2.21. The maximum atomic E-state index is 12.7. The number of nitrogens with zero attached hydrogens (tertiary/aromatic N) is 4. The van der Waals surface area contributed by atoms with Crippen LogP contribution in [0.4, 0.5) is 5.69 Å². The van der Waals surface area contributed by atoms with Gasteiger partial charge in [-0.3, -0.25) is 14.2 Å². The molecule has 1 unspecified atom stereocenters. The number of hydrogen-bond donors (Lipinski definition) is 2. The van der Waals surface area contributed by atoms with Gasteiger partial charge in [-0.25, -0.2) is 4.79 Å². The molecule has 2 aromatic heterocycles. The number of aromatic carboxylic acids is 1. The van der Waals surface area contributed by atoms with Crippen LogP contribution in [0.1, 0.15) is 40.3 Å². The third kappa shape index (κ3) is 4.52. The molecule has 1 amide bonds. The van der Waals surface area contributed by atoms with Crippen LogP contribution < -0.4 is 14.8 Å². The summed E-state index contributed by atoms with van der Waals surface area (Å²) in [6.45, 7) is 5.82. The second-order valence-corrected chi connectivity index (χ2v) is 7.07. The zero-order valence-corrected chi connectivity index (χ0v) is 18.0. The minimum absolute atomic E-state index is 0.0229. The summed E-state index contributed by atoms with van der Waals surface area (Å²) in [5.41, 5.74) is 3.06. The Balaban J connectivity index is 1.78. The Kier molecular flexibility index (Phi) is 6.28. The zero-order valence-electron chi connectivity index (χ0n) is 18.0. The Morgan fingerprint density at radius 3 is 2.52 bits per heavy atom. The van der Waals surface area contributed by atoms with E-state index in [0.29, 0.717) is 29.4 Å². The molecule has 0 bridgehead atoms. The number of methoxy groups -OCH3 is 2. The van der Waals surface area contributed by atoms with Gasteiger partial charge in [-0.1, -0.05) is 6.07 Å². The lowest BCUT2D eigenvalue weighted by Crippen LogP contribution is -2.24. The van der Waals surface area contributed by atoms with E-state index >= 15 is 0 Å². The SMILES string of the molecule is COc1ccc(Cn2nc(C)c(NC(=O)C(C)n3cc(C(=O)O)cn3)c2C)cc1OC. The van der Waals surface area contributed by atoms with Crippen molar-refractivity contribution in [2.75, 3.05) is 19.5 Å². The van der Waals surface area contributed by atoms with E-state index in [9.17, 15) is 9.59 Å². The van der Waals surface area contributed by atoms with Crippen molar-refractivity contribution in [3.8, 4) is 11.5 Å². The first-order valence-corrected chi connectivity index (χ1v) is 9.58. The Morgan fingerprint density at radius 2 is 1.90 bits per heavy atom. The normalized spacial score (nSPS) is 11.8. The molecule has 0 saturated carbocycles. The molecule has 1 atom stereocenters. The number of carboxylic acids is 1. The predicted molar refractivity (Wildman–Crippen MR) is 113 cm³/mol. The molecule has 3 aromatic rings. The van der Waals surface area contributed by atoms with E-state index in [0.717, 1.165) is 11.3 Å². The number of anilines is 1. The minimum atomic E-state index is -1.10. The molecule has 164 valence electrons. The van der Waals surface area contributed by atoms with Crippen LogP contribution in [0.25, 0.3) is 0 Å². The number of ether oxygens (including phenoxy) is 2. The van der Waals surface area contributed by atoms with Gasteiger partial charge in [-0.2, -0.15) is 10.2 Å². The van der Waals surface area contributed by atoms with E-state index in [4.69, 9.17) is 14.6 Å². The molecule has 0 fully saturated rings. The number of nitrogens with one attached hydrogen (secondary N) is 1. The lowest BCUT2D eigenvalue weighted by Gasteiger charge is -2.13. The molecule has 1 aromatic carbocycles. The molecule has 2 N–H and O–H groups in total. The van der Waals surface area contributed by atoms with E-state index in [1.165, 1.54) is 17.1 Å². The van der Waals surface area contributed by atoms with Crippen molar-refractivity contribution in [1.82, 2.24) is 19.6 Å². The summed E-state index contributed by atoms with van der Waals surface area (Å²) in [5, 5.41) is 20.4. The van der Waals surface area contributed by atoms with E-state index in [1.54, 1.807) is 25.8 Å². The van der Waals surface area contributed by atoms with Gasteiger partial charge in [0.25, 0.3) is 0 Å². The molecular formula is C21H25N5O5. The van der Waals surface area contributed by atoms with Crippen LogP contribution in [-0.4, -0.2) is 50.8 Å².